The number of rotatable bonds is 6. The van der Waals surface area contributed by atoms with E-state index in [2.05, 4.69) is 31.0 Å². The number of thiazole rings is 1. The zero-order valence-corrected chi connectivity index (χ0v) is 16.1. The topological polar surface area (TPSA) is 72.8 Å². The van der Waals surface area contributed by atoms with E-state index >= 15 is 0 Å². The van der Waals surface area contributed by atoms with Crippen LogP contribution in [0, 0.1) is 0 Å². The maximum atomic E-state index is 11.4. The van der Waals surface area contributed by atoms with Crippen molar-refractivity contribution >= 4 is 37.5 Å². The highest BCUT2D eigenvalue weighted by Crippen LogP contribution is 2.19. The van der Waals surface area contributed by atoms with Crippen molar-refractivity contribution in [2.24, 2.45) is 0 Å². The van der Waals surface area contributed by atoms with Crippen LogP contribution in [0.3, 0.4) is 0 Å². The van der Waals surface area contributed by atoms with E-state index in [-0.39, 0.29) is 4.87 Å². The van der Waals surface area contributed by atoms with E-state index in [0.29, 0.717) is 13.0 Å². The Balaban J connectivity index is 1.50. The summed E-state index contributed by atoms with van der Waals surface area (Å²) in [6.45, 7) is 0.604. The molecule has 0 fully saturated rings. The van der Waals surface area contributed by atoms with Crippen molar-refractivity contribution in [3.63, 3.8) is 0 Å². The Morgan fingerprint density at radius 1 is 1.23 bits per heavy atom. The summed E-state index contributed by atoms with van der Waals surface area (Å²) in [5.41, 5.74) is 2.93. The largest absolute Gasteiger partial charge is 0.491 e. The molecule has 1 aromatic carbocycles. The van der Waals surface area contributed by atoms with E-state index in [1.807, 2.05) is 42.6 Å². The van der Waals surface area contributed by atoms with E-state index < -0.39 is 0 Å². The molecule has 0 spiro atoms. The van der Waals surface area contributed by atoms with Gasteiger partial charge in [0.15, 0.2) is 5.82 Å². The van der Waals surface area contributed by atoms with Gasteiger partial charge in [0.25, 0.3) is 0 Å². The van der Waals surface area contributed by atoms with E-state index in [9.17, 15) is 4.79 Å². The number of hydrogen-bond donors (Lipinski definition) is 1. The molecule has 3 aromatic heterocycles. The lowest BCUT2D eigenvalue weighted by Gasteiger charge is -2.05. The minimum atomic E-state index is -0.0314. The Morgan fingerprint density at radius 2 is 2.15 bits per heavy atom. The second-order valence-electron chi connectivity index (χ2n) is 5.66. The van der Waals surface area contributed by atoms with Crippen molar-refractivity contribution in [3.05, 3.63) is 69.7 Å². The third-order valence-corrected chi connectivity index (χ3v) is 4.99. The second-order valence-corrected chi connectivity index (χ2v) is 7.47. The molecule has 0 radical (unpaired) electrons. The first kappa shape index (κ1) is 17.0. The number of H-pyrrole nitrogens is 1. The number of ether oxygens (including phenoxy) is 1. The quantitative estimate of drug-likeness (QED) is 0.474. The van der Waals surface area contributed by atoms with E-state index in [1.165, 1.54) is 11.3 Å². The van der Waals surface area contributed by atoms with Gasteiger partial charge >= 0.3 is 4.87 Å². The maximum Gasteiger partial charge on any atom is 0.305 e. The normalized spacial score (nSPS) is 11.1. The van der Waals surface area contributed by atoms with Crippen LogP contribution in [0.5, 0.6) is 5.75 Å². The fourth-order valence-corrected chi connectivity index (χ4v) is 3.60. The molecule has 4 aromatic rings. The maximum absolute atomic E-state index is 11.4. The molecule has 4 rings (SSSR count). The number of alkyl halides is 1. The predicted molar refractivity (Wildman–Crippen MR) is 106 cm³/mol. The molecule has 0 unspecified atom stereocenters. The number of fused-ring (bicyclic) bond motifs is 1. The number of pyridine rings is 1. The Bertz CT molecular complexity index is 1080. The highest BCUT2D eigenvalue weighted by molar-refractivity contribution is 9.09. The van der Waals surface area contributed by atoms with Gasteiger partial charge in [0.2, 0.25) is 0 Å². The fourth-order valence-electron chi connectivity index (χ4n) is 2.64. The molecule has 3 heterocycles. The van der Waals surface area contributed by atoms with E-state index in [0.717, 1.165) is 38.4 Å². The Labute approximate surface area is 161 Å². The van der Waals surface area contributed by atoms with Gasteiger partial charge in [0.05, 0.1) is 28.7 Å². The summed E-state index contributed by atoms with van der Waals surface area (Å²) < 4.78 is 8.22. The molecule has 6 nitrogen and oxygen atoms in total. The van der Waals surface area contributed by atoms with Crippen molar-refractivity contribution in [2.75, 3.05) is 11.9 Å². The molecule has 0 aliphatic rings. The third kappa shape index (κ3) is 3.71. The van der Waals surface area contributed by atoms with E-state index in [1.54, 1.807) is 10.9 Å². The van der Waals surface area contributed by atoms with Gasteiger partial charge in [-0.1, -0.05) is 33.3 Å². The third-order valence-electron chi connectivity index (χ3n) is 3.82. The molecule has 8 heteroatoms. The summed E-state index contributed by atoms with van der Waals surface area (Å²) in [6.07, 6.45) is 4.28. The van der Waals surface area contributed by atoms with Crippen LogP contribution in [0.25, 0.3) is 16.0 Å². The summed E-state index contributed by atoms with van der Waals surface area (Å²) in [7, 11) is 0. The van der Waals surface area contributed by atoms with Crippen LogP contribution in [-0.4, -0.2) is 31.7 Å². The summed E-state index contributed by atoms with van der Waals surface area (Å²) in [5.74, 6) is 1.47. The predicted octanol–water partition coefficient (Wildman–Crippen LogP) is 3.53. The second kappa shape index (κ2) is 7.43. The molecular formula is C18H15BrN4O2S. The van der Waals surface area contributed by atoms with Crippen molar-refractivity contribution in [2.45, 2.75) is 6.42 Å². The van der Waals surface area contributed by atoms with Gasteiger partial charge in [-0.15, -0.1) is 0 Å². The number of aromatic nitrogens is 4. The average molecular weight is 431 g/mol. The first-order valence-corrected chi connectivity index (χ1v) is 9.96. The number of hydrogen-bond acceptors (Lipinski definition) is 5. The van der Waals surface area contributed by atoms with Crippen molar-refractivity contribution < 1.29 is 4.74 Å². The van der Waals surface area contributed by atoms with Gasteiger partial charge in [-0.3, -0.25) is 4.79 Å². The Kier molecular flexibility index (Phi) is 4.85. The average Bonchev–Trinajstić information content (AvgIpc) is 3.26. The van der Waals surface area contributed by atoms with Gasteiger partial charge in [-0.25, -0.2) is 9.67 Å². The van der Waals surface area contributed by atoms with E-state index in [4.69, 9.17) is 4.74 Å². The number of nitrogens with one attached hydrogen (secondary N) is 1. The summed E-state index contributed by atoms with van der Waals surface area (Å²) in [6, 6.07) is 11.7. The molecule has 0 amide bonds. The molecule has 1 N–H and O–H groups in total. The monoisotopic (exact) mass is 430 g/mol. The SMILES string of the molecule is O=c1[nH]c2ccc(Cc3ccn(-c4ccc(OCCBr)cn4)n3)cc2s1. The number of benzene rings is 1. The summed E-state index contributed by atoms with van der Waals surface area (Å²) in [4.78, 5) is 18.6. The number of halogens is 1. The van der Waals surface area contributed by atoms with Crippen LogP contribution in [0.15, 0.2) is 53.6 Å². The van der Waals surface area contributed by atoms with Gasteiger partial charge in [-0.2, -0.15) is 5.10 Å². The summed E-state index contributed by atoms with van der Waals surface area (Å²) >= 11 is 4.55. The van der Waals surface area contributed by atoms with Crippen molar-refractivity contribution in [3.8, 4) is 11.6 Å². The van der Waals surface area contributed by atoms with Gasteiger partial charge in [-0.05, 0) is 35.9 Å². The lowest BCUT2D eigenvalue weighted by atomic mass is 10.1. The van der Waals surface area contributed by atoms with Crippen molar-refractivity contribution in [1.29, 1.82) is 0 Å². The Hall–Kier alpha value is -2.45. The molecule has 26 heavy (non-hydrogen) atoms. The minimum Gasteiger partial charge on any atom is -0.491 e. The summed E-state index contributed by atoms with van der Waals surface area (Å²) in [5, 5.41) is 5.37. The minimum absolute atomic E-state index is 0.0314. The van der Waals surface area contributed by atoms with Crippen LogP contribution < -0.4 is 9.61 Å². The lowest BCUT2D eigenvalue weighted by molar-refractivity contribution is 0.343. The first-order chi connectivity index (χ1) is 12.7. The molecule has 0 bridgehead atoms. The molecule has 0 aliphatic carbocycles. The van der Waals surface area contributed by atoms with Crippen LogP contribution in [0.1, 0.15) is 11.3 Å². The molecular weight excluding hydrogens is 416 g/mol. The van der Waals surface area contributed by atoms with Gasteiger partial charge < -0.3 is 9.72 Å². The zero-order chi connectivity index (χ0) is 17.9. The highest BCUT2D eigenvalue weighted by Gasteiger charge is 2.06. The molecule has 0 aliphatic heterocycles. The Morgan fingerprint density at radius 3 is 2.96 bits per heavy atom. The number of aromatic amines is 1. The standard InChI is InChI=1S/C18H15BrN4O2S/c19-6-8-25-14-2-4-17(20-11-14)23-7-5-13(22-23)9-12-1-3-15-16(10-12)26-18(24)21-15/h1-5,7,10-11H,6,8-9H2,(H,21,24). The smallest absolute Gasteiger partial charge is 0.305 e. The van der Waals surface area contributed by atoms with Gasteiger partial charge in [0.1, 0.15) is 5.75 Å². The molecule has 132 valence electrons. The molecule has 0 saturated heterocycles. The zero-order valence-electron chi connectivity index (χ0n) is 13.7. The van der Waals surface area contributed by atoms with Crippen molar-refractivity contribution in [1.82, 2.24) is 19.7 Å². The van der Waals surface area contributed by atoms with Gasteiger partial charge in [0, 0.05) is 17.9 Å². The molecule has 0 saturated carbocycles. The fraction of sp³-hybridized carbons (Fsp3) is 0.167. The first-order valence-electron chi connectivity index (χ1n) is 8.03. The van der Waals surface area contributed by atoms with Crippen LogP contribution in [0.2, 0.25) is 0 Å². The molecule has 0 atom stereocenters. The lowest BCUT2D eigenvalue weighted by Crippen LogP contribution is -2.01. The van der Waals surface area contributed by atoms with Crippen LogP contribution in [-0.2, 0) is 6.42 Å². The van der Waals surface area contributed by atoms with Crippen LogP contribution >= 0.6 is 27.3 Å². The van der Waals surface area contributed by atoms with Crippen LogP contribution in [0.4, 0.5) is 0 Å². The number of nitrogens with zero attached hydrogens (tertiary/aromatic N) is 3. The highest BCUT2D eigenvalue weighted by atomic mass is 79.9.